The van der Waals surface area contributed by atoms with Gasteiger partial charge in [-0.1, -0.05) is 6.07 Å². The SMILES string of the molecule is COc1nc(Br)ccc1N(C)CCN(C)C.COc1nc(Nc2cc(-c3ccc(OC4CCOCC4)c(C#N)c3)ncn2)ccc1N(C)CCN(C)C.[C-]#[N+]c1cc(-c2cc(N)ncn2)ccc1OC1CCOCC1. The number of rotatable bonds is 18. The van der Waals surface area contributed by atoms with Crippen LogP contribution in [0.2, 0.25) is 0 Å². The summed E-state index contributed by atoms with van der Waals surface area (Å²) in [5.41, 5.74) is 11.5. The first kappa shape index (κ1) is 56.9. The van der Waals surface area contributed by atoms with Crippen LogP contribution >= 0.6 is 15.9 Å². The maximum absolute atomic E-state index is 9.71. The molecule has 0 amide bonds. The molecule has 2 saturated heterocycles. The Hall–Kier alpha value is -7.40. The van der Waals surface area contributed by atoms with Crippen LogP contribution in [0.5, 0.6) is 23.3 Å². The number of benzene rings is 2. The quantitative estimate of drug-likeness (QED) is 0.0611. The Bertz CT molecular complexity index is 2850. The largest absolute Gasteiger partial charge is 0.501 e. The zero-order chi connectivity index (χ0) is 53.7. The van der Waals surface area contributed by atoms with Gasteiger partial charge in [0.2, 0.25) is 17.4 Å². The van der Waals surface area contributed by atoms with Crippen molar-refractivity contribution in [3.05, 3.63) is 107 Å². The van der Waals surface area contributed by atoms with Crippen LogP contribution < -0.4 is 39.8 Å². The number of nitrogen functional groups attached to an aromatic ring is 1. The summed E-state index contributed by atoms with van der Waals surface area (Å²) in [7, 11) is 15.5. The lowest BCUT2D eigenvalue weighted by molar-refractivity contribution is 0.0253. The number of likely N-dealkylation sites (N-methyl/N-ethyl adjacent to an activating group) is 4. The van der Waals surface area contributed by atoms with Gasteiger partial charge in [0.15, 0.2) is 0 Å². The monoisotopic (exact) mass is 1090 g/mol. The molecule has 0 unspecified atom stereocenters. The lowest BCUT2D eigenvalue weighted by Crippen LogP contribution is -2.28. The summed E-state index contributed by atoms with van der Waals surface area (Å²) >= 11 is 3.33. The number of hydrogen-bond donors (Lipinski definition) is 2. The van der Waals surface area contributed by atoms with Crippen LogP contribution in [-0.2, 0) is 9.47 Å². The van der Waals surface area contributed by atoms with Gasteiger partial charge in [0.25, 0.3) is 0 Å². The second-order valence-electron chi connectivity index (χ2n) is 18.1. The lowest BCUT2D eigenvalue weighted by atomic mass is 10.1. The Labute approximate surface area is 448 Å². The van der Waals surface area contributed by atoms with Gasteiger partial charge in [0.05, 0.1) is 75.5 Å². The minimum Gasteiger partial charge on any atom is -0.501 e. The molecule has 20 nitrogen and oxygen atoms in total. The molecule has 21 heteroatoms. The van der Waals surface area contributed by atoms with E-state index < -0.39 is 0 Å². The number of hydrogen-bond acceptors (Lipinski definition) is 19. The summed E-state index contributed by atoms with van der Waals surface area (Å²) in [5.74, 6) is 3.94. The van der Waals surface area contributed by atoms with Crippen molar-refractivity contribution in [1.82, 2.24) is 39.7 Å². The molecule has 2 aliphatic rings. The number of pyridine rings is 2. The molecule has 0 spiro atoms. The second-order valence-corrected chi connectivity index (χ2v) is 18.9. The molecule has 75 heavy (non-hydrogen) atoms. The molecule has 0 bridgehead atoms. The molecule has 2 aliphatic heterocycles. The van der Waals surface area contributed by atoms with E-state index in [4.69, 9.17) is 40.7 Å². The standard InChI is InChI=1S/C27H33N7O3.C16H16N4O2.C11H18BrN3O/c1-33(2)11-12-34(3)23-6-8-25(32-27(23)35-4)31-26-16-22(29-18-30-26)19-5-7-24(20(15-19)17-28)37-21-9-13-36-14-10-21;1-18-14-8-11(13-9-16(17)20-10-19-13)2-3-15(14)22-12-4-6-21-7-5-12;1-14(2)7-8-15(3)9-5-6-10(12)13-11(9)16-4/h5-8,15-16,18,21H,9-14H2,1-4H3,(H,29,30,31,32);2-3,8-10,12H,4-7H2,(H2,17,19,20);5-6H,7-8H2,1-4H3. The average molecular weight is 1090 g/mol. The van der Waals surface area contributed by atoms with Crippen LogP contribution in [0.15, 0.2) is 90.1 Å². The summed E-state index contributed by atoms with van der Waals surface area (Å²) < 4.78 is 34.3. The lowest BCUT2D eigenvalue weighted by Gasteiger charge is -2.24. The highest BCUT2D eigenvalue weighted by Gasteiger charge is 2.20. The molecule has 0 aliphatic carbocycles. The first-order valence-electron chi connectivity index (χ1n) is 24.5. The third-order valence-electron chi connectivity index (χ3n) is 11.9. The van der Waals surface area contributed by atoms with Crippen molar-refractivity contribution < 1.29 is 28.4 Å². The Kier molecular flexibility index (Phi) is 21.9. The first-order valence-corrected chi connectivity index (χ1v) is 25.3. The fraction of sp³-hybridized carbons (Fsp3) is 0.407. The number of aromatic nitrogens is 6. The molecule has 0 saturated carbocycles. The first-order chi connectivity index (χ1) is 36.3. The smallest absolute Gasteiger partial charge is 0.239 e. The Balaban J connectivity index is 0.000000203. The molecule has 2 aromatic carbocycles. The topological polar surface area (TPSA) is 212 Å². The van der Waals surface area contributed by atoms with Crippen molar-refractivity contribution in [2.45, 2.75) is 37.9 Å². The number of nitrogens with two attached hydrogens (primary N) is 1. The highest BCUT2D eigenvalue weighted by atomic mass is 79.9. The van der Waals surface area contributed by atoms with E-state index in [2.05, 4.69) is 95.8 Å². The maximum atomic E-state index is 9.71. The van der Waals surface area contributed by atoms with Crippen molar-refractivity contribution in [3.8, 4) is 51.8 Å². The number of methoxy groups -OCH3 is 2. The number of halogens is 1. The van der Waals surface area contributed by atoms with E-state index in [0.29, 0.717) is 89.8 Å². The van der Waals surface area contributed by atoms with Crippen molar-refractivity contribution in [2.24, 2.45) is 0 Å². The van der Waals surface area contributed by atoms with Gasteiger partial charge >= 0.3 is 0 Å². The zero-order valence-corrected chi connectivity index (χ0v) is 45.6. The number of ether oxygens (including phenoxy) is 6. The van der Waals surface area contributed by atoms with E-state index in [1.807, 2.05) is 82.8 Å². The van der Waals surface area contributed by atoms with E-state index in [0.717, 1.165) is 79.0 Å². The predicted octanol–water partition coefficient (Wildman–Crippen LogP) is 8.40. The van der Waals surface area contributed by atoms with E-state index in [1.165, 1.54) is 12.7 Å². The van der Waals surface area contributed by atoms with Gasteiger partial charge in [-0.3, -0.25) is 0 Å². The van der Waals surface area contributed by atoms with Gasteiger partial charge < -0.3 is 59.1 Å². The third-order valence-corrected chi connectivity index (χ3v) is 12.4. The van der Waals surface area contributed by atoms with Gasteiger partial charge in [-0.25, -0.2) is 29.8 Å². The molecule has 2 fully saturated rings. The number of nitrogens with one attached hydrogen (secondary N) is 1. The number of nitriles is 1. The third kappa shape index (κ3) is 17.3. The van der Waals surface area contributed by atoms with E-state index in [1.54, 1.807) is 32.4 Å². The number of anilines is 5. The fourth-order valence-electron chi connectivity index (χ4n) is 7.67. The van der Waals surface area contributed by atoms with Crippen molar-refractivity contribution >= 4 is 50.4 Å². The summed E-state index contributed by atoms with van der Waals surface area (Å²) in [6.45, 7) is 13.8. The minimum atomic E-state index is 0.0604. The normalized spacial score (nSPS) is 13.5. The molecular formula is C54H67BrN14O6. The van der Waals surface area contributed by atoms with Crippen LogP contribution in [0.1, 0.15) is 31.2 Å². The van der Waals surface area contributed by atoms with Gasteiger partial charge in [-0.2, -0.15) is 10.2 Å². The van der Waals surface area contributed by atoms with Crippen LogP contribution in [0, 0.1) is 17.9 Å². The summed E-state index contributed by atoms with van der Waals surface area (Å²) in [6.07, 6.45) is 6.40. The Morgan fingerprint density at radius 2 is 1.20 bits per heavy atom. The molecule has 6 heterocycles. The van der Waals surface area contributed by atoms with Crippen molar-refractivity contribution in [3.63, 3.8) is 0 Å². The van der Waals surface area contributed by atoms with Crippen LogP contribution in [0.3, 0.4) is 0 Å². The van der Waals surface area contributed by atoms with Crippen molar-refractivity contribution in [2.75, 3.05) is 130 Å². The average Bonchev–Trinajstić information content (AvgIpc) is 3.42. The molecule has 396 valence electrons. The molecule has 8 rings (SSSR count). The second kappa shape index (κ2) is 28.9. The van der Waals surface area contributed by atoms with Crippen LogP contribution in [-0.4, -0.2) is 161 Å². The van der Waals surface area contributed by atoms with E-state index in [9.17, 15) is 5.26 Å². The van der Waals surface area contributed by atoms with Gasteiger partial charge in [0, 0.05) is 83.7 Å². The molecule has 3 N–H and O–H groups in total. The molecule has 0 atom stereocenters. The molecule has 6 aromatic rings. The predicted molar refractivity (Wildman–Crippen MR) is 295 cm³/mol. The number of nitrogens with zero attached hydrogens (tertiary/aromatic N) is 12. The molecule has 0 radical (unpaired) electrons. The highest BCUT2D eigenvalue weighted by molar-refractivity contribution is 9.10. The van der Waals surface area contributed by atoms with Gasteiger partial charge in [-0.15, -0.1) is 0 Å². The van der Waals surface area contributed by atoms with Crippen LogP contribution in [0.25, 0.3) is 27.4 Å². The van der Waals surface area contributed by atoms with Crippen LogP contribution in [0.4, 0.5) is 34.5 Å². The van der Waals surface area contributed by atoms with Crippen molar-refractivity contribution in [1.29, 1.82) is 5.26 Å². The molecular weight excluding hydrogens is 1020 g/mol. The Morgan fingerprint density at radius 3 is 1.76 bits per heavy atom. The maximum Gasteiger partial charge on any atom is 0.239 e. The summed E-state index contributed by atoms with van der Waals surface area (Å²) in [4.78, 5) is 37.8. The minimum absolute atomic E-state index is 0.0604. The van der Waals surface area contributed by atoms with E-state index >= 15 is 0 Å². The summed E-state index contributed by atoms with van der Waals surface area (Å²) in [6, 6.07) is 24.5. The molecule has 4 aromatic heterocycles. The van der Waals surface area contributed by atoms with Gasteiger partial charge in [-0.05, 0) is 104 Å². The van der Waals surface area contributed by atoms with Gasteiger partial charge in [0.1, 0.15) is 64.5 Å². The Morgan fingerprint density at radius 1 is 0.667 bits per heavy atom. The summed E-state index contributed by atoms with van der Waals surface area (Å²) in [5, 5.41) is 12.9. The van der Waals surface area contributed by atoms with E-state index in [-0.39, 0.29) is 12.2 Å². The fourth-order valence-corrected chi connectivity index (χ4v) is 7.96. The zero-order valence-electron chi connectivity index (χ0n) is 44.0. The highest BCUT2D eigenvalue weighted by Crippen LogP contribution is 2.35.